The van der Waals surface area contributed by atoms with Gasteiger partial charge >= 0.3 is 0 Å². The zero-order chi connectivity index (χ0) is 22.9. The quantitative estimate of drug-likeness (QED) is 0.429. The molecule has 5 heteroatoms. The van der Waals surface area contributed by atoms with Crippen LogP contribution in [0.3, 0.4) is 0 Å². The molecule has 1 N–H and O–H groups in total. The van der Waals surface area contributed by atoms with Crippen LogP contribution in [0, 0.1) is 18.3 Å². The highest BCUT2D eigenvalue weighted by Gasteiger charge is 2.37. The van der Waals surface area contributed by atoms with E-state index < -0.39 is 5.91 Å². The highest BCUT2D eigenvalue weighted by molar-refractivity contribution is 6.31. The normalized spacial score (nSPS) is 17.8. The zero-order valence-electron chi connectivity index (χ0n) is 19.1. The molecule has 162 valence electrons. The molecule has 1 atom stereocenters. The molecule has 1 amide bonds. The molecule has 2 aromatic carbocycles. The summed E-state index contributed by atoms with van der Waals surface area (Å²) < 4.78 is 0. The van der Waals surface area contributed by atoms with E-state index in [9.17, 15) is 10.1 Å². The number of anilines is 2. The maximum Gasteiger partial charge on any atom is 0.266 e. The van der Waals surface area contributed by atoms with Crippen LogP contribution in [0.5, 0.6) is 0 Å². The highest BCUT2D eigenvalue weighted by Crippen LogP contribution is 2.44. The summed E-state index contributed by atoms with van der Waals surface area (Å²) in [5, 5.41) is 13.0. The van der Waals surface area contributed by atoms with E-state index in [0.29, 0.717) is 22.7 Å². The summed E-state index contributed by atoms with van der Waals surface area (Å²) in [5.41, 5.74) is 4.84. The van der Waals surface area contributed by atoms with Crippen molar-refractivity contribution in [1.82, 2.24) is 0 Å². The Morgan fingerprint density at radius 2 is 2.03 bits per heavy atom. The first-order chi connectivity index (χ1) is 14.5. The van der Waals surface area contributed by atoms with Crippen LogP contribution in [0.25, 0.3) is 6.08 Å². The van der Waals surface area contributed by atoms with Crippen LogP contribution in [-0.4, -0.2) is 17.5 Å². The number of fused-ring (bicyclic) bond motifs is 1. The van der Waals surface area contributed by atoms with E-state index in [1.165, 1.54) is 11.3 Å². The van der Waals surface area contributed by atoms with E-state index in [1.54, 1.807) is 24.3 Å². The van der Waals surface area contributed by atoms with Crippen molar-refractivity contribution in [3.63, 3.8) is 0 Å². The molecule has 0 radical (unpaired) electrons. The van der Waals surface area contributed by atoms with Crippen LogP contribution in [0.15, 0.2) is 42.0 Å². The minimum Gasteiger partial charge on any atom is -0.364 e. The number of hydrogen-bond acceptors (Lipinski definition) is 3. The molecule has 0 spiro atoms. The maximum absolute atomic E-state index is 12.7. The third-order valence-electron chi connectivity index (χ3n) is 6.01. The van der Waals surface area contributed by atoms with Gasteiger partial charge in [0.2, 0.25) is 0 Å². The Morgan fingerprint density at radius 3 is 2.68 bits per heavy atom. The zero-order valence-corrected chi connectivity index (χ0v) is 19.8. The number of amides is 1. The standard InChI is InChI=1S/C26H30ClN3O/c1-16(2)30-24-11-10-19(13-21(24)17(3)14-26(30,5)6)12-20(15-28)25(31)29-23-9-7-8-22(27)18(23)4/h7-13,16-17H,14H2,1-6H3,(H,29,31)/b20-12-. The van der Waals surface area contributed by atoms with Crippen molar-refractivity contribution in [3.8, 4) is 6.07 Å². The lowest BCUT2D eigenvalue weighted by atomic mass is 9.79. The molecule has 4 nitrogen and oxygen atoms in total. The maximum atomic E-state index is 12.7. The van der Waals surface area contributed by atoms with Gasteiger partial charge in [0.05, 0.1) is 0 Å². The molecular weight excluding hydrogens is 406 g/mol. The molecule has 0 aromatic heterocycles. The Kier molecular flexibility index (Phi) is 6.48. The van der Waals surface area contributed by atoms with Crippen LogP contribution < -0.4 is 10.2 Å². The number of benzene rings is 2. The van der Waals surface area contributed by atoms with Crippen molar-refractivity contribution >= 4 is 35.0 Å². The van der Waals surface area contributed by atoms with Crippen molar-refractivity contribution in [2.75, 3.05) is 10.2 Å². The molecule has 1 heterocycles. The van der Waals surface area contributed by atoms with Crippen LogP contribution in [0.2, 0.25) is 5.02 Å². The first-order valence-electron chi connectivity index (χ1n) is 10.7. The van der Waals surface area contributed by atoms with E-state index >= 15 is 0 Å². The second-order valence-electron chi connectivity index (χ2n) is 9.24. The summed E-state index contributed by atoms with van der Waals surface area (Å²) >= 11 is 6.14. The first-order valence-corrected chi connectivity index (χ1v) is 11.0. The van der Waals surface area contributed by atoms with Gasteiger partial charge in [0, 0.05) is 28.0 Å². The van der Waals surface area contributed by atoms with Gasteiger partial charge in [-0.15, -0.1) is 0 Å². The molecule has 0 saturated carbocycles. The molecule has 3 rings (SSSR count). The third-order valence-corrected chi connectivity index (χ3v) is 6.42. The average molecular weight is 436 g/mol. The molecule has 0 fully saturated rings. The minimum absolute atomic E-state index is 0.0591. The Labute approximate surface area is 190 Å². The summed E-state index contributed by atoms with van der Waals surface area (Å²) in [5.74, 6) is -0.0506. The fourth-order valence-corrected chi connectivity index (χ4v) is 4.96. The van der Waals surface area contributed by atoms with Gasteiger partial charge in [0.25, 0.3) is 5.91 Å². The molecule has 31 heavy (non-hydrogen) atoms. The topological polar surface area (TPSA) is 56.1 Å². The first kappa shape index (κ1) is 22.9. The largest absolute Gasteiger partial charge is 0.364 e. The van der Waals surface area contributed by atoms with Crippen molar-refractivity contribution in [2.24, 2.45) is 0 Å². The van der Waals surface area contributed by atoms with Gasteiger partial charge in [0.1, 0.15) is 11.6 Å². The number of nitriles is 1. The predicted octanol–water partition coefficient (Wildman–Crippen LogP) is 6.69. The fraction of sp³-hybridized carbons (Fsp3) is 0.385. The molecule has 1 aliphatic rings. The predicted molar refractivity (Wildman–Crippen MR) is 130 cm³/mol. The average Bonchev–Trinajstić information content (AvgIpc) is 2.68. The minimum atomic E-state index is -0.441. The van der Waals surface area contributed by atoms with Gasteiger partial charge < -0.3 is 10.2 Å². The number of nitrogens with zero attached hydrogens (tertiary/aromatic N) is 2. The molecular formula is C26H30ClN3O. The molecule has 0 aliphatic carbocycles. The molecule has 1 aliphatic heterocycles. The Morgan fingerprint density at radius 1 is 1.32 bits per heavy atom. The van der Waals surface area contributed by atoms with Crippen LogP contribution in [0.4, 0.5) is 11.4 Å². The molecule has 0 bridgehead atoms. The summed E-state index contributed by atoms with van der Waals surface area (Å²) in [7, 11) is 0. The van der Waals surface area contributed by atoms with Crippen LogP contribution in [-0.2, 0) is 4.79 Å². The Bertz CT molecular complexity index is 1080. The van der Waals surface area contributed by atoms with Crippen molar-refractivity contribution in [2.45, 2.75) is 65.5 Å². The summed E-state index contributed by atoms with van der Waals surface area (Å²) in [6.07, 6.45) is 2.70. The number of halogens is 1. The molecule has 1 unspecified atom stereocenters. The number of hydrogen-bond donors (Lipinski definition) is 1. The smallest absolute Gasteiger partial charge is 0.266 e. The summed E-state index contributed by atoms with van der Waals surface area (Å²) in [6.45, 7) is 13.1. The van der Waals surface area contributed by atoms with Gasteiger partial charge in [-0.1, -0.05) is 30.7 Å². The van der Waals surface area contributed by atoms with Gasteiger partial charge in [-0.05, 0) is 94.0 Å². The van der Waals surface area contributed by atoms with E-state index in [2.05, 4.69) is 57.0 Å². The van der Waals surface area contributed by atoms with E-state index in [0.717, 1.165) is 17.5 Å². The van der Waals surface area contributed by atoms with Gasteiger partial charge in [0.15, 0.2) is 0 Å². The lowest BCUT2D eigenvalue weighted by Gasteiger charge is -2.50. The number of carbonyl (C=O) groups excluding carboxylic acids is 1. The highest BCUT2D eigenvalue weighted by atomic mass is 35.5. The summed E-state index contributed by atoms with van der Waals surface area (Å²) in [6, 6.07) is 13.9. The second kappa shape index (κ2) is 8.77. The lowest BCUT2D eigenvalue weighted by molar-refractivity contribution is -0.112. The number of nitrogens with one attached hydrogen (secondary N) is 1. The monoisotopic (exact) mass is 435 g/mol. The number of rotatable bonds is 4. The van der Waals surface area contributed by atoms with Gasteiger partial charge in [-0.3, -0.25) is 4.79 Å². The van der Waals surface area contributed by atoms with Crippen molar-refractivity contribution in [3.05, 3.63) is 63.7 Å². The molecule has 0 saturated heterocycles. The fourth-order valence-electron chi connectivity index (χ4n) is 4.79. The number of carbonyl (C=O) groups is 1. The third kappa shape index (κ3) is 4.62. The lowest BCUT2D eigenvalue weighted by Crippen LogP contribution is -2.51. The molecule has 2 aromatic rings. The summed E-state index contributed by atoms with van der Waals surface area (Å²) in [4.78, 5) is 15.2. The van der Waals surface area contributed by atoms with E-state index in [-0.39, 0.29) is 11.1 Å². The second-order valence-corrected chi connectivity index (χ2v) is 9.64. The SMILES string of the molecule is Cc1c(Cl)cccc1NC(=O)/C(C#N)=C\c1ccc2c(c1)C(C)CC(C)(C)N2C(C)C. The van der Waals surface area contributed by atoms with Crippen molar-refractivity contribution < 1.29 is 4.79 Å². The van der Waals surface area contributed by atoms with Crippen LogP contribution >= 0.6 is 11.6 Å². The van der Waals surface area contributed by atoms with Crippen LogP contribution in [0.1, 0.15) is 63.6 Å². The van der Waals surface area contributed by atoms with Crippen molar-refractivity contribution in [1.29, 1.82) is 5.26 Å². The van der Waals surface area contributed by atoms with Gasteiger partial charge in [-0.2, -0.15) is 5.26 Å². The Hall–Kier alpha value is -2.77. The van der Waals surface area contributed by atoms with E-state index in [1.807, 2.05) is 19.1 Å². The Balaban J connectivity index is 1.94. The van der Waals surface area contributed by atoms with E-state index in [4.69, 9.17) is 11.6 Å². The van der Waals surface area contributed by atoms with Gasteiger partial charge in [-0.25, -0.2) is 0 Å².